The third-order valence-corrected chi connectivity index (χ3v) is 7.37. The van der Waals surface area contributed by atoms with Gasteiger partial charge >= 0.3 is 0 Å². The lowest BCUT2D eigenvalue weighted by molar-refractivity contribution is -0.122. The van der Waals surface area contributed by atoms with E-state index < -0.39 is 4.87 Å². The van der Waals surface area contributed by atoms with Crippen molar-refractivity contribution < 1.29 is 4.79 Å². The Morgan fingerprint density at radius 2 is 2.10 bits per heavy atom. The van der Waals surface area contributed by atoms with Gasteiger partial charge in [0.15, 0.2) is 15.5 Å². The molecule has 2 fully saturated rings. The summed E-state index contributed by atoms with van der Waals surface area (Å²) >= 11 is 7.78. The highest BCUT2D eigenvalue weighted by molar-refractivity contribution is 7.21. The summed E-state index contributed by atoms with van der Waals surface area (Å²) in [5.41, 5.74) is 1.10. The molecule has 1 saturated heterocycles. The first-order valence-electron chi connectivity index (χ1n) is 10.2. The topological polar surface area (TPSA) is 91.0 Å². The Morgan fingerprint density at radius 3 is 2.83 bits per heavy atom. The van der Waals surface area contributed by atoms with Crippen LogP contribution in [0.15, 0.2) is 35.1 Å². The van der Waals surface area contributed by atoms with Gasteiger partial charge in [0.1, 0.15) is 16.7 Å². The lowest BCUT2D eigenvalue weighted by atomic mass is 10.1. The molecule has 0 radical (unpaired) electrons. The second kappa shape index (κ2) is 7.35. The van der Waals surface area contributed by atoms with E-state index in [0.717, 1.165) is 37.8 Å². The third-order valence-electron chi connectivity index (χ3n) is 5.83. The van der Waals surface area contributed by atoms with Crippen LogP contribution in [0.1, 0.15) is 50.0 Å². The zero-order chi connectivity index (χ0) is 20.9. The molecule has 2 N–H and O–H groups in total. The molecule has 9 heteroatoms. The Kier molecular flexibility index (Phi) is 4.78. The van der Waals surface area contributed by atoms with E-state index in [4.69, 9.17) is 11.6 Å². The molecule has 30 heavy (non-hydrogen) atoms. The Hall–Kier alpha value is -2.45. The number of nitrogens with zero attached hydrogens (tertiary/aromatic N) is 3. The predicted octanol–water partition coefficient (Wildman–Crippen LogP) is 3.45. The summed E-state index contributed by atoms with van der Waals surface area (Å²) in [6, 6.07) is 9.51. The summed E-state index contributed by atoms with van der Waals surface area (Å²) in [5.74, 6) is 0.493. The maximum absolute atomic E-state index is 13.0. The average Bonchev–Trinajstić information content (AvgIpc) is 3.16. The summed E-state index contributed by atoms with van der Waals surface area (Å²) < 4.78 is 0. The molecule has 0 bridgehead atoms. The number of hydrogen-bond donors (Lipinski definition) is 2. The van der Waals surface area contributed by atoms with E-state index in [1.165, 1.54) is 11.3 Å². The molecule has 7 nitrogen and oxygen atoms in total. The van der Waals surface area contributed by atoms with Crippen LogP contribution >= 0.6 is 22.9 Å². The monoisotopic (exact) mass is 443 g/mol. The smallest absolute Gasteiger partial charge is 0.278 e. The van der Waals surface area contributed by atoms with Crippen molar-refractivity contribution in [1.29, 1.82) is 0 Å². The number of H-pyrrole nitrogens is 1. The summed E-state index contributed by atoms with van der Waals surface area (Å²) in [6.45, 7) is 2.71. The highest BCUT2D eigenvalue weighted by atomic mass is 35.5. The van der Waals surface area contributed by atoms with Gasteiger partial charge in [-0.25, -0.2) is 9.97 Å². The Morgan fingerprint density at radius 1 is 1.33 bits per heavy atom. The van der Waals surface area contributed by atoms with Crippen molar-refractivity contribution in [2.24, 2.45) is 0 Å². The number of nitrogens with one attached hydrogen (secondary N) is 2. The van der Waals surface area contributed by atoms with Crippen LogP contribution in [0.3, 0.4) is 0 Å². The molecule has 3 heterocycles. The summed E-state index contributed by atoms with van der Waals surface area (Å²) in [5, 5.41) is 3.77. The van der Waals surface area contributed by atoms with Crippen LogP contribution in [-0.2, 0) is 9.67 Å². The van der Waals surface area contributed by atoms with Crippen LogP contribution < -0.4 is 15.8 Å². The number of aromatic amines is 1. The van der Waals surface area contributed by atoms with E-state index in [1.807, 2.05) is 42.2 Å². The molecule has 1 aromatic carbocycles. The fraction of sp³-hybridized carbons (Fsp3) is 0.429. The molecule has 5 rings (SSSR count). The number of carbonyl (C=O) groups is 1. The maximum atomic E-state index is 13.0. The fourth-order valence-electron chi connectivity index (χ4n) is 3.91. The van der Waals surface area contributed by atoms with Gasteiger partial charge < -0.3 is 15.2 Å². The van der Waals surface area contributed by atoms with Crippen molar-refractivity contribution >= 4 is 44.3 Å². The van der Waals surface area contributed by atoms with Gasteiger partial charge in [0, 0.05) is 6.54 Å². The van der Waals surface area contributed by atoms with Crippen LogP contribution in [0, 0.1) is 0 Å². The number of alkyl halides is 1. The number of rotatable bonds is 5. The van der Waals surface area contributed by atoms with Crippen molar-refractivity contribution in [3.05, 3.63) is 52.1 Å². The first-order valence-corrected chi connectivity index (χ1v) is 11.4. The molecule has 1 unspecified atom stereocenters. The Bertz CT molecular complexity index is 1160. The Labute approximate surface area is 182 Å². The van der Waals surface area contributed by atoms with E-state index in [1.54, 1.807) is 0 Å². The van der Waals surface area contributed by atoms with Crippen molar-refractivity contribution in [3.63, 3.8) is 0 Å². The number of hydrogen-bond acceptors (Lipinski definition) is 6. The molecule has 0 spiro atoms. The Balaban J connectivity index is 1.39. The maximum Gasteiger partial charge on any atom is 0.278 e. The average molecular weight is 444 g/mol. The van der Waals surface area contributed by atoms with Crippen molar-refractivity contribution in [3.8, 4) is 0 Å². The minimum absolute atomic E-state index is 0.0247. The molecule has 2 aromatic heterocycles. The molecule has 3 aromatic rings. The molecule has 2 aliphatic rings. The second-order valence-corrected chi connectivity index (χ2v) is 9.70. The van der Waals surface area contributed by atoms with E-state index in [2.05, 4.69) is 20.3 Å². The molecule has 156 valence electrons. The van der Waals surface area contributed by atoms with Crippen LogP contribution in [0.25, 0.3) is 10.3 Å². The number of fused-ring (bicyclic) bond motifs is 1. The van der Waals surface area contributed by atoms with Crippen LogP contribution in [-0.4, -0.2) is 33.4 Å². The molecule has 2 atom stereocenters. The van der Waals surface area contributed by atoms with Crippen LogP contribution in [0.2, 0.25) is 0 Å². The van der Waals surface area contributed by atoms with Gasteiger partial charge in [-0.05, 0) is 38.2 Å². The van der Waals surface area contributed by atoms with Crippen LogP contribution in [0.5, 0.6) is 0 Å². The van der Waals surface area contributed by atoms with Gasteiger partial charge in [0.25, 0.3) is 5.56 Å². The predicted molar refractivity (Wildman–Crippen MR) is 118 cm³/mol. The highest BCUT2D eigenvalue weighted by Crippen LogP contribution is 2.50. The normalized spacial score (nSPS) is 21.0. The summed E-state index contributed by atoms with van der Waals surface area (Å²) in [6.07, 6.45) is 3.27. The van der Waals surface area contributed by atoms with Gasteiger partial charge in [0.05, 0.1) is 6.04 Å². The number of halogens is 1. The second-order valence-electron chi connectivity index (χ2n) is 8.02. The van der Waals surface area contributed by atoms with E-state index in [9.17, 15) is 9.59 Å². The zero-order valence-corrected chi connectivity index (χ0v) is 18.1. The number of thiazole rings is 1. The third kappa shape index (κ3) is 3.48. The molecule has 1 aliphatic heterocycles. The minimum Gasteiger partial charge on any atom is -0.348 e. The first-order chi connectivity index (χ1) is 14.4. The lowest BCUT2D eigenvalue weighted by Crippen LogP contribution is -2.44. The summed E-state index contributed by atoms with van der Waals surface area (Å²) in [7, 11) is 0. The van der Waals surface area contributed by atoms with E-state index in [-0.39, 0.29) is 23.6 Å². The molecule has 1 saturated carbocycles. The van der Waals surface area contributed by atoms with Gasteiger partial charge in [-0.1, -0.05) is 41.7 Å². The van der Waals surface area contributed by atoms with E-state index in [0.29, 0.717) is 21.3 Å². The first kappa shape index (κ1) is 19.5. The van der Waals surface area contributed by atoms with Crippen molar-refractivity contribution in [2.75, 3.05) is 11.4 Å². The summed E-state index contributed by atoms with van der Waals surface area (Å²) in [4.78, 5) is 39.4. The quantitative estimate of drug-likeness (QED) is 0.589. The largest absolute Gasteiger partial charge is 0.348 e. The number of anilines is 1. The number of amides is 1. The molecular weight excluding hydrogens is 422 g/mol. The highest BCUT2D eigenvalue weighted by Gasteiger charge is 2.45. The van der Waals surface area contributed by atoms with Gasteiger partial charge in [-0.3, -0.25) is 9.59 Å². The van der Waals surface area contributed by atoms with Gasteiger partial charge in [-0.15, -0.1) is 11.6 Å². The number of carbonyl (C=O) groups excluding carboxylic acids is 1. The molecular formula is C21H22ClN5O2S. The molecule has 1 amide bonds. The number of benzene rings is 1. The zero-order valence-electron chi connectivity index (χ0n) is 16.5. The molecule has 1 aliphatic carbocycles. The minimum atomic E-state index is -0.541. The van der Waals surface area contributed by atoms with Gasteiger partial charge in [-0.2, -0.15) is 0 Å². The standard InChI is InChI=1S/C21H22ClN5O2S/c1-12(13-6-3-2-4-7-13)23-16(28)14-8-5-11-27(14)20-24-15-17(29)25-19(21(22)9-10-21)26-18(15)30-20/h2-4,6-7,12,14H,5,8-11H2,1H3,(H,23,28)(H,25,26,29)/t12-,14?/m1/s1. The SMILES string of the molecule is C[C@@H](NC(=O)C1CCCN1c1nc2c(=O)[nH]c(C3(Cl)CC3)nc2s1)c1ccccc1. The lowest BCUT2D eigenvalue weighted by Gasteiger charge is -2.25. The fourth-order valence-corrected chi connectivity index (χ4v) is 5.11. The van der Waals surface area contributed by atoms with Crippen molar-refractivity contribution in [2.45, 2.75) is 49.6 Å². The van der Waals surface area contributed by atoms with Gasteiger partial charge in [0.2, 0.25) is 5.91 Å². The van der Waals surface area contributed by atoms with Crippen LogP contribution in [0.4, 0.5) is 5.13 Å². The van der Waals surface area contributed by atoms with Crippen molar-refractivity contribution in [1.82, 2.24) is 20.3 Å². The van der Waals surface area contributed by atoms with E-state index >= 15 is 0 Å². The number of aromatic nitrogens is 3.